The van der Waals surface area contributed by atoms with Crippen LogP contribution < -0.4 is 0 Å². The van der Waals surface area contributed by atoms with Gasteiger partial charge < -0.3 is 10.2 Å². The van der Waals surface area contributed by atoms with Crippen LogP contribution in [0.15, 0.2) is 10.5 Å². The number of aryl methyl sites for hydroxylation is 1. The summed E-state index contributed by atoms with van der Waals surface area (Å²) in [5.41, 5.74) is 2.94. The molecule has 0 spiro atoms. The molecule has 1 rings (SSSR count). The van der Waals surface area contributed by atoms with Gasteiger partial charge >= 0.3 is 0 Å². The molecular weight excluding hydrogens is 244 g/mol. The van der Waals surface area contributed by atoms with E-state index in [-0.39, 0.29) is 5.75 Å². The van der Waals surface area contributed by atoms with Gasteiger partial charge in [-0.3, -0.25) is 0 Å². The summed E-state index contributed by atoms with van der Waals surface area (Å²) < 4.78 is 0.730. The third kappa shape index (κ3) is 2.28. The van der Waals surface area contributed by atoms with E-state index in [4.69, 9.17) is 0 Å². The van der Waals surface area contributed by atoms with E-state index in [0.29, 0.717) is 6.42 Å². The normalized spacial score (nSPS) is 12.9. The third-order valence-corrected chi connectivity index (χ3v) is 3.31. The number of hydrogen-bond donors (Lipinski definition) is 2. The summed E-state index contributed by atoms with van der Waals surface area (Å²) in [4.78, 5) is 0. The lowest BCUT2D eigenvalue weighted by Gasteiger charge is -2.12. The Morgan fingerprint density at radius 3 is 2.50 bits per heavy atom. The third-order valence-electron chi connectivity index (χ3n) is 2.34. The summed E-state index contributed by atoms with van der Waals surface area (Å²) in [6.45, 7) is 5.65. The Kier molecular flexibility index (Phi) is 3.56. The Balaban J connectivity index is 3.19. The second kappa shape index (κ2) is 4.32. The molecule has 0 fully saturated rings. The molecule has 0 radical (unpaired) electrons. The fourth-order valence-corrected chi connectivity index (χ4v) is 1.97. The standard InChI is InChI=1S/C11H15BrO2/c1-6-4-9(5-7(2)13)11(14)10(12)8(6)3/h4,7,13-14H,5H2,1-3H3. The molecule has 0 heterocycles. The second-order valence-electron chi connectivity index (χ2n) is 3.69. The number of aliphatic hydroxyl groups is 1. The van der Waals surface area contributed by atoms with E-state index in [1.54, 1.807) is 6.92 Å². The molecule has 1 atom stereocenters. The number of hydrogen-bond acceptors (Lipinski definition) is 2. The van der Waals surface area contributed by atoms with Crippen LogP contribution >= 0.6 is 15.9 Å². The van der Waals surface area contributed by atoms with Crippen LogP contribution in [0.25, 0.3) is 0 Å². The largest absolute Gasteiger partial charge is 0.506 e. The number of phenols is 1. The molecule has 0 aliphatic carbocycles. The Morgan fingerprint density at radius 1 is 1.43 bits per heavy atom. The quantitative estimate of drug-likeness (QED) is 0.857. The van der Waals surface area contributed by atoms with Crippen molar-refractivity contribution in [3.8, 4) is 5.75 Å². The van der Waals surface area contributed by atoms with Crippen LogP contribution in [0.4, 0.5) is 0 Å². The molecule has 14 heavy (non-hydrogen) atoms. The minimum absolute atomic E-state index is 0.244. The molecule has 1 unspecified atom stereocenters. The van der Waals surface area contributed by atoms with Crippen LogP contribution in [0.5, 0.6) is 5.75 Å². The summed E-state index contributed by atoms with van der Waals surface area (Å²) >= 11 is 3.34. The van der Waals surface area contributed by atoms with Crippen LogP contribution in [0.1, 0.15) is 23.6 Å². The molecule has 0 aliphatic rings. The molecular formula is C11H15BrO2. The maximum Gasteiger partial charge on any atom is 0.133 e. The first-order chi connectivity index (χ1) is 6.43. The van der Waals surface area contributed by atoms with Crippen molar-refractivity contribution in [2.24, 2.45) is 0 Å². The van der Waals surface area contributed by atoms with Gasteiger partial charge in [-0.1, -0.05) is 6.07 Å². The highest BCUT2D eigenvalue weighted by molar-refractivity contribution is 9.10. The summed E-state index contributed by atoms with van der Waals surface area (Å²) in [7, 11) is 0. The zero-order valence-electron chi connectivity index (χ0n) is 8.63. The molecule has 3 heteroatoms. The number of rotatable bonds is 2. The van der Waals surface area contributed by atoms with Crippen molar-refractivity contribution in [3.05, 3.63) is 27.2 Å². The molecule has 2 nitrogen and oxygen atoms in total. The smallest absolute Gasteiger partial charge is 0.133 e. The molecule has 0 saturated carbocycles. The predicted octanol–water partition coefficient (Wildman–Crippen LogP) is 2.69. The maximum atomic E-state index is 9.79. The molecule has 0 bridgehead atoms. The number of benzene rings is 1. The van der Waals surface area contributed by atoms with Crippen molar-refractivity contribution >= 4 is 15.9 Å². The van der Waals surface area contributed by atoms with Crippen LogP contribution in [0.3, 0.4) is 0 Å². The van der Waals surface area contributed by atoms with Gasteiger partial charge in [-0.15, -0.1) is 0 Å². The van der Waals surface area contributed by atoms with Crippen LogP contribution in [-0.2, 0) is 6.42 Å². The summed E-state index contributed by atoms with van der Waals surface area (Å²) in [5.74, 6) is 0.244. The van der Waals surface area contributed by atoms with Crippen molar-refractivity contribution in [2.75, 3.05) is 0 Å². The predicted molar refractivity (Wildman–Crippen MR) is 60.7 cm³/mol. The number of halogens is 1. The second-order valence-corrected chi connectivity index (χ2v) is 4.49. The molecule has 1 aromatic rings. The SMILES string of the molecule is Cc1cc(CC(C)O)c(O)c(Br)c1C. The molecule has 0 aliphatic heterocycles. The van der Waals surface area contributed by atoms with Gasteiger partial charge in [-0.2, -0.15) is 0 Å². The van der Waals surface area contributed by atoms with Crippen molar-refractivity contribution in [1.82, 2.24) is 0 Å². The fraction of sp³-hybridized carbons (Fsp3) is 0.455. The zero-order chi connectivity index (χ0) is 10.9. The van der Waals surface area contributed by atoms with E-state index in [2.05, 4.69) is 15.9 Å². The average Bonchev–Trinajstić information content (AvgIpc) is 2.10. The van der Waals surface area contributed by atoms with Crippen molar-refractivity contribution in [1.29, 1.82) is 0 Å². The first-order valence-electron chi connectivity index (χ1n) is 4.59. The fourth-order valence-electron chi connectivity index (χ4n) is 1.40. The molecule has 0 saturated heterocycles. The average molecular weight is 259 g/mol. The van der Waals surface area contributed by atoms with Gasteiger partial charge in [0.25, 0.3) is 0 Å². The summed E-state index contributed by atoms with van der Waals surface area (Å²) in [6.07, 6.45) is 0.0425. The Bertz CT molecular complexity index is 346. The molecule has 1 aromatic carbocycles. The van der Waals surface area contributed by atoms with Crippen LogP contribution in [0, 0.1) is 13.8 Å². The Labute approximate surface area is 92.7 Å². The number of phenolic OH excluding ortho intramolecular Hbond substituents is 1. The van der Waals surface area contributed by atoms with Gasteiger partial charge in [-0.25, -0.2) is 0 Å². The van der Waals surface area contributed by atoms with Gasteiger partial charge in [-0.05, 0) is 53.4 Å². The number of aromatic hydroxyl groups is 1. The van der Waals surface area contributed by atoms with E-state index < -0.39 is 6.10 Å². The highest BCUT2D eigenvalue weighted by Gasteiger charge is 2.12. The van der Waals surface area contributed by atoms with E-state index in [9.17, 15) is 10.2 Å². The Morgan fingerprint density at radius 2 is 2.00 bits per heavy atom. The highest BCUT2D eigenvalue weighted by atomic mass is 79.9. The van der Waals surface area contributed by atoms with E-state index in [0.717, 1.165) is 21.2 Å². The zero-order valence-corrected chi connectivity index (χ0v) is 10.2. The lowest BCUT2D eigenvalue weighted by molar-refractivity contribution is 0.194. The highest BCUT2D eigenvalue weighted by Crippen LogP contribution is 2.33. The molecule has 2 N–H and O–H groups in total. The lowest BCUT2D eigenvalue weighted by Crippen LogP contribution is -2.05. The van der Waals surface area contributed by atoms with Gasteiger partial charge in [0.05, 0.1) is 10.6 Å². The topological polar surface area (TPSA) is 40.5 Å². The van der Waals surface area contributed by atoms with E-state index >= 15 is 0 Å². The van der Waals surface area contributed by atoms with Gasteiger partial charge in [0.15, 0.2) is 0 Å². The summed E-state index contributed by atoms with van der Waals surface area (Å²) in [6, 6.07) is 1.92. The van der Waals surface area contributed by atoms with Gasteiger partial charge in [0, 0.05) is 6.42 Å². The lowest BCUT2D eigenvalue weighted by atomic mass is 10.0. The van der Waals surface area contributed by atoms with Crippen LogP contribution in [0.2, 0.25) is 0 Å². The van der Waals surface area contributed by atoms with Gasteiger partial charge in [0.2, 0.25) is 0 Å². The minimum Gasteiger partial charge on any atom is -0.506 e. The monoisotopic (exact) mass is 258 g/mol. The summed E-state index contributed by atoms with van der Waals surface area (Å²) in [5, 5.41) is 19.0. The minimum atomic E-state index is -0.435. The molecule has 78 valence electrons. The van der Waals surface area contributed by atoms with Crippen LogP contribution in [-0.4, -0.2) is 16.3 Å². The van der Waals surface area contributed by atoms with E-state index in [1.807, 2.05) is 19.9 Å². The van der Waals surface area contributed by atoms with Crippen molar-refractivity contribution in [3.63, 3.8) is 0 Å². The van der Waals surface area contributed by atoms with Crippen molar-refractivity contribution in [2.45, 2.75) is 33.3 Å². The van der Waals surface area contributed by atoms with Gasteiger partial charge in [0.1, 0.15) is 5.75 Å². The first-order valence-corrected chi connectivity index (χ1v) is 5.38. The molecule has 0 aromatic heterocycles. The maximum absolute atomic E-state index is 9.79. The van der Waals surface area contributed by atoms with Crippen molar-refractivity contribution < 1.29 is 10.2 Å². The number of aliphatic hydroxyl groups excluding tert-OH is 1. The Hall–Kier alpha value is -0.540. The van der Waals surface area contributed by atoms with E-state index in [1.165, 1.54) is 0 Å². The molecule has 0 amide bonds. The first kappa shape index (κ1) is 11.5.